The van der Waals surface area contributed by atoms with Gasteiger partial charge in [-0.3, -0.25) is 14.9 Å². The van der Waals surface area contributed by atoms with E-state index in [1.165, 1.54) is 6.07 Å². The highest BCUT2D eigenvalue weighted by molar-refractivity contribution is 9.10. The summed E-state index contributed by atoms with van der Waals surface area (Å²) in [7, 11) is 0. The van der Waals surface area contributed by atoms with Crippen LogP contribution in [0.2, 0.25) is 0 Å². The van der Waals surface area contributed by atoms with Crippen molar-refractivity contribution in [1.82, 2.24) is 5.32 Å². The minimum atomic E-state index is -0.536. The molecule has 1 aromatic carbocycles. The summed E-state index contributed by atoms with van der Waals surface area (Å²) in [6.07, 6.45) is 0.325. The van der Waals surface area contributed by atoms with Gasteiger partial charge in [-0.05, 0) is 22.0 Å². The minimum Gasteiger partial charge on any atom is -0.486 e. The van der Waals surface area contributed by atoms with Crippen LogP contribution in [0.25, 0.3) is 0 Å². The fourth-order valence-electron chi connectivity index (χ4n) is 1.77. The number of nitrogens with zero attached hydrogens (tertiary/aromatic N) is 1. The number of nitro groups is 1. The van der Waals surface area contributed by atoms with Gasteiger partial charge in [0.05, 0.1) is 22.0 Å². The largest absolute Gasteiger partial charge is 0.486 e. The van der Waals surface area contributed by atoms with Gasteiger partial charge in [0.2, 0.25) is 11.7 Å². The van der Waals surface area contributed by atoms with Crippen LogP contribution < -0.4 is 15.8 Å². The van der Waals surface area contributed by atoms with Crippen molar-refractivity contribution < 1.29 is 14.5 Å². The normalized spacial score (nSPS) is 12.2. The Hall–Kier alpha value is -1.67. The zero-order valence-electron chi connectivity index (χ0n) is 11.8. The molecule has 1 rings (SSSR count). The Balaban J connectivity index is 2.71. The Morgan fingerprint density at radius 3 is 2.71 bits per heavy atom. The minimum absolute atomic E-state index is 0.0975. The van der Waals surface area contributed by atoms with Crippen LogP contribution in [0.5, 0.6) is 5.75 Å². The molecule has 0 saturated carbocycles. The fourth-order valence-corrected chi connectivity index (χ4v) is 2.24. The molecule has 0 heterocycles. The van der Waals surface area contributed by atoms with Crippen molar-refractivity contribution in [1.29, 1.82) is 0 Å². The molecule has 0 radical (unpaired) electrons. The Bertz CT molecular complexity index is 522. The number of carbonyl (C=O) groups is 1. The second-order valence-corrected chi connectivity index (χ2v) is 5.61. The van der Waals surface area contributed by atoms with E-state index in [1.54, 1.807) is 12.1 Å². The average molecular weight is 360 g/mol. The Morgan fingerprint density at radius 1 is 1.52 bits per heavy atom. The lowest BCUT2D eigenvalue weighted by atomic mass is 10.2. The maximum absolute atomic E-state index is 11.3. The van der Waals surface area contributed by atoms with E-state index < -0.39 is 16.9 Å². The van der Waals surface area contributed by atoms with Gasteiger partial charge in [0.1, 0.15) is 0 Å². The highest BCUT2D eigenvalue weighted by Gasteiger charge is 2.20. The number of rotatable bonds is 8. The molecule has 8 heteroatoms. The molecule has 0 aliphatic carbocycles. The van der Waals surface area contributed by atoms with Crippen molar-refractivity contribution in [2.75, 3.05) is 6.61 Å². The van der Waals surface area contributed by atoms with Gasteiger partial charge < -0.3 is 15.8 Å². The molecule has 0 aromatic heterocycles. The molecular weight excluding hydrogens is 342 g/mol. The number of amides is 1. The molecule has 1 aromatic rings. The van der Waals surface area contributed by atoms with Crippen LogP contribution in [0, 0.1) is 10.1 Å². The highest BCUT2D eigenvalue weighted by Crippen LogP contribution is 2.34. The molecule has 0 saturated heterocycles. The van der Waals surface area contributed by atoms with Crippen LogP contribution in [-0.4, -0.2) is 29.5 Å². The number of hydrogen-bond acceptors (Lipinski definition) is 5. The zero-order valence-corrected chi connectivity index (χ0v) is 13.4. The third-order valence-electron chi connectivity index (χ3n) is 2.67. The van der Waals surface area contributed by atoms with Crippen molar-refractivity contribution in [2.24, 2.45) is 5.73 Å². The van der Waals surface area contributed by atoms with Crippen molar-refractivity contribution in [3.63, 3.8) is 0 Å². The van der Waals surface area contributed by atoms with E-state index in [0.717, 1.165) is 0 Å². The quantitative estimate of drug-likeness (QED) is 0.544. The molecule has 7 nitrogen and oxygen atoms in total. The van der Waals surface area contributed by atoms with Crippen LogP contribution in [-0.2, 0) is 4.79 Å². The summed E-state index contributed by atoms with van der Waals surface area (Å²) in [4.78, 5) is 21.7. The number of halogens is 1. The highest BCUT2D eigenvalue weighted by atomic mass is 79.9. The SMILES string of the molecule is CC(C)NC(CCOc1c(Br)cccc1[N+](=O)[O-])C(N)=O. The van der Waals surface area contributed by atoms with Gasteiger partial charge in [0, 0.05) is 18.5 Å². The Morgan fingerprint density at radius 2 is 2.19 bits per heavy atom. The summed E-state index contributed by atoms with van der Waals surface area (Å²) in [5.41, 5.74) is 5.17. The molecule has 1 unspecified atom stereocenters. The number of nitro benzene ring substituents is 1. The van der Waals surface area contributed by atoms with Crippen LogP contribution >= 0.6 is 15.9 Å². The second-order valence-electron chi connectivity index (χ2n) is 4.76. The third kappa shape index (κ3) is 5.31. The van der Waals surface area contributed by atoms with Crippen molar-refractivity contribution in [2.45, 2.75) is 32.4 Å². The molecule has 116 valence electrons. The van der Waals surface area contributed by atoms with Crippen LogP contribution in [0.4, 0.5) is 5.69 Å². The van der Waals surface area contributed by atoms with Crippen molar-refractivity contribution in [3.05, 3.63) is 32.8 Å². The van der Waals surface area contributed by atoms with Gasteiger partial charge in [-0.1, -0.05) is 19.9 Å². The lowest BCUT2D eigenvalue weighted by molar-refractivity contribution is -0.386. The Kier molecular flexibility index (Phi) is 6.57. The number of nitrogens with two attached hydrogens (primary N) is 1. The maximum atomic E-state index is 11.3. The first-order valence-electron chi connectivity index (χ1n) is 6.44. The monoisotopic (exact) mass is 359 g/mol. The molecule has 0 aliphatic heterocycles. The van der Waals surface area contributed by atoms with E-state index in [9.17, 15) is 14.9 Å². The van der Waals surface area contributed by atoms with Gasteiger partial charge in [-0.25, -0.2) is 0 Å². The Labute approximate surface area is 131 Å². The van der Waals surface area contributed by atoms with Gasteiger partial charge in [0.15, 0.2) is 0 Å². The van der Waals surface area contributed by atoms with Crippen LogP contribution in [0.15, 0.2) is 22.7 Å². The number of para-hydroxylation sites is 1. The van der Waals surface area contributed by atoms with E-state index in [2.05, 4.69) is 21.2 Å². The van der Waals surface area contributed by atoms with Gasteiger partial charge >= 0.3 is 5.69 Å². The van der Waals surface area contributed by atoms with Crippen LogP contribution in [0.3, 0.4) is 0 Å². The van der Waals surface area contributed by atoms with E-state index in [0.29, 0.717) is 10.9 Å². The lowest BCUT2D eigenvalue weighted by Gasteiger charge is -2.18. The summed E-state index contributed by atoms with van der Waals surface area (Å²) >= 11 is 3.22. The van der Waals surface area contributed by atoms with Crippen molar-refractivity contribution >= 4 is 27.5 Å². The smallest absolute Gasteiger partial charge is 0.312 e. The molecule has 1 amide bonds. The third-order valence-corrected chi connectivity index (χ3v) is 3.30. The maximum Gasteiger partial charge on any atom is 0.312 e. The summed E-state index contributed by atoms with van der Waals surface area (Å²) in [6.45, 7) is 3.93. The van der Waals surface area contributed by atoms with E-state index in [4.69, 9.17) is 10.5 Å². The number of benzene rings is 1. The summed E-state index contributed by atoms with van der Waals surface area (Å²) in [5, 5.41) is 14.0. The first kappa shape index (κ1) is 17.4. The standard InChI is InChI=1S/C13H18BrN3O4/c1-8(2)16-10(13(15)18)6-7-21-12-9(14)4-3-5-11(12)17(19)20/h3-5,8,10,16H,6-7H2,1-2H3,(H2,15,18). The van der Waals surface area contributed by atoms with E-state index in [-0.39, 0.29) is 24.1 Å². The molecule has 21 heavy (non-hydrogen) atoms. The second kappa shape index (κ2) is 7.94. The predicted molar refractivity (Wildman–Crippen MR) is 82.2 cm³/mol. The summed E-state index contributed by atoms with van der Waals surface area (Å²) < 4.78 is 5.95. The summed E-state index contributed by atoms with van der Waals surface area (Å²) in [6, 6.07) is 4.13. The van der Waals surface area contributed by atoms with E-state index >= 15 is 0 Å². The van der Waals surface area contributed by atoms with Gasteiger partial charge in [-0.15, -0.1) is 0 Å². The first-order chi connectivity index (χ1) is 9.82. The molecule has 3 N–H and O–H groups in total. The molecule has 1 atom stereocenters. The van der Waals surface area contributed by atoms with Crippen LogP contribution in [0.1, 0.15) is 20.3 Å². The average Bonchev–Trinajstić information content (AvgIpc) is 2.38. The molecule has 0 bridgehead atoms. The van der Waals surface area contributed by atoms with Crippen molar-refractivity contribution in [3.8, 4) is 5.75 Å². The first-order valence-corrected chi connectivity index (χ1v) is 7.23. The number of carbonyl (C=O) groups excluding carboxylic acids is 1. The number of primary amides is 1. The topological polar surface area (TPSA) is 107 Å². The number of nitrogens with one attached hydrogen (secondary N) is 1. The lowest BCUT2D eigenvalue weighted by Crippen LogP contribution is -2.45. The van der Waals surface area contributed by atoms with E-state index in [1.807, 2.05) is 13.8 Å². The number of hydrogen-bond donors (Lipinski definition) is 2. The predicted octanol–water partition coefficient (Wildman–Crippen LogP) is 1.98. The molecule has 0 spiro atoms. The molecule has 0 fully saturated rings. The molecule has 0 aliphatic rings. The summed E-state index contributed by atoms with van der Waals surface area (Å²) in [5.74, 6) is -0.329. The van der Waals surface area contributed by atoms with Gasteiger partial charge in [0.25, 0.3) is 0 Å². The molecular formula is C13H18BrN3O4. The number of ether oxygens (including phenoxy) is 1. The van der Waals surface area contributed by atoms with Gasteiger partial charge in [-0.2, -0.15) is 0 Å². The zero-order chi connectivity index (χ0) is 16.0. The fraction of sp³-hybridized carbons (Fsp3) is 0.462.